The van der Waals surface area contributed by atoms with Gasteiger partial charge in [-0.1, -0.05) is 12.8 Å². The second-order valence-corrected chi connectivity index (χ2v) is 5.99. The van der Waals surface area contributed by atoms with Gasteiger partial charge in [-0.25, -0.2) is 0 Å². The molecule has 20 heavy (non-hydrogen) atoms. The monoisotopic (exact) mass is 285 g/mol. The molecule has 0 aromatic heterocycles. The van der Waals surface area contributed by atoms with Crippen LogP contribution < -0.4 is 5.73 Å². The summed E-state index contributed by atoms with van der Waals surface area (Å²) in [5.41, 5.74) is 5.45. The van der Waals surface area contributed by atoms with Crippen LogP contribution in [0, 0.1) is 0 Å². The van der Waals surface area contributed by atoms with Crippen molar-refractivity contribution in [1.29, 1.82) is 0 Å². The van der Waals surface area contributed by atoms with Crippen LogP contribution in [0.5, 0.6) is 0 Å². The van der Waals surface area contributed by atoms with E-state index in [1.165, 1.54) is 0 Å². The number of hydrogen-bond acceptors (Lipinski definition) is 4. The van der Waals surface area contributed by atoms with Crippen molar-refractivity contribution in [3.05, 3.63) is 0 Å². The van der Waals surface area contributed by atoms with Crippen molar-refractivity contribution in [3.8, 4) is 0 Å². The highest BCUT2D eigenvalue weighted by molar-refractivity contribution is 5.76. The molecule has 1 aliphatic heterocycles. The van der Waals surface area contributed by atoms with Gasteiger partial charge in [0.15, 0.2) is 0 Å². The Labute approximate surface area is 123 Å². The first-order valence-corrected chi connectivity index (χ1v) is 7.94. The Balaban J connectivity index is 2.23. The molecule has 1 fully saturated rings. The molecule has 3 N–H and O–H groups in total. The fourth-order valence-corrected chi connectivity index (χ4v) is 2.76. The number of aliphatic hydroxyl groups excluding tert-OH is 1. The van der Waals surface area contributed by atoms with Gasteiger partial charge in [0.05, 0.1) is 6.10 Å². The second kappa shape index (κ2) is 9.32. The molecule has 1 rings (SSSR count). The van der Waals surface area contributed by atoms with Gasteiger partial charge in [-0.15, -0.1) is 0 Å². The average Bonchev–Trinajstić information content (AvgIpc) is 2.40. The number of aliphatic hydroxyl groups is 1. The van der Waals surface area contributed by atoms with Crippen LogP contribution in [0.4, 0.5) is 0 Å². The standard InChI is InChI=1S/C15H31N3O2/c1-13-11-18(10-9-17(13)12-14(2)19)15(20)7-5-3-4-6-8-16/h13-14,19H,3-12,16H2,1-2H3. The summed E-state index contributed by atoms with van der Waals surface area (Å²) >= 11 is 0. The van der Waals surface area contributed by atoms with Gasteiger partial charge in [0, 0.05) is 38.6 Å². The summed E-state index contributed by atoms with van der Waals surface area (Å²) in [5.74, 6) is 0.279. The molecule has 0 spiro atoms. The molecule has 0 aromatic carbocycles. The number of piperazine rings is 1. The Hall–Kier alpha value is -0.650. The van der Waals surface area contributed by atoms with Crippen LogP contribution in [0.15, 0.2) is 0 Å². The van der Waals surface area contributed by atoms with Crippen LogP contribution in [0.2, 0.25) is 0 Å². The minimum Gasteiger partial charge on any atom is -0.392 e. The minimum atomic E-state index is -0.303. The lowest BCUT2D eigenvalue weighted by molar-refractivity contribution is -0.134. The van der Waals surface area contributed by atoms with Gasteiger partial charge < -0.3 is 15.7 Å². The van der Waals surface area contributed by atoms with Crippen LogP contribution in [0.3, 0.4) is 0 Å². The Morgan fingerprint density at radius 1 is 1.30 bits per heavy atom. The number of carbonyl (C=O) groups is 1. The second-order valence-electron chi connectivity index (χ2n) is 5.99. The lowest BCUT2D eigenvalue weighted by atomic mass is 10.1. The quantitative estimate of drug-likeness (QED) is 0.648. The molecule has 1 heterocycles. The number of unbranched alkanes of at least 4 members (excludes halogenated alkanes) is 3. The van der Waals surface area contributed by atoms with Crippen molar-refractivity contribution in [2.24, 2.45) is 5.73 Å². The lowest BCUT2D eigenvalue weighted by Crippen LogP contribution is -2.54. The molecule has 5 heteroatoms. The van der Waals surface area contributed by atoms with E-state index in [0.29, 0.717) is 19.0 Å². The number of carbonyl (C=O) groups excluding carboxylic acids is 1. The van der Waals surface area contributed by atoms with Gasteiger partial charge in [-0.2, -0.15) is 0 Å². The molecule has 0 radical (unpaired) electrons. The maximum Gasteiger partial charge on any atom is 0.222 e. The summed E-state index contributed by atoms with van der Waals surface area (Å²) in [6.07, 6.45) is 4.61. The van der Waals surface area contributed by atoms with E-state index in [9.17, 15) is 9.90 Å². The van der Waals surface area contributed by atoms with Gasteiger partial charge in [-0.3, -0.25) is 9.69 Å². The Bertz CT molecular complexity index is 284. The summed E-state index contributed by atoms with van der Waals surface area (Å²) in [4.78, 5) is 16.4. The maximum atomic E-state index is 12.1. The number of nitrogens with zero attached hydrogens (tertiary/aromatic N) is 2. The third kappa shape index (κ3) is 6.20. The van der Waals surface area contributed by atoms with Crippen LogP contribution in [0.25, 0.3) is 0 Å². The van der Waals surface area contributed by atoms with Gasteiger partial charge in [-0.05, 0) is 33.2 Å². The fourth-order valence-electron chi connectivity index (χ4n) is 2.76. The smallest absolute Gasteiger partial charge is 0.222 e. The minimum absolute atomic E-state index is 0.279. The largest absolute Gasteiger partial charge is 0.392 e. The molecular weight excluding hydrogens is 254 g/mol. The Morgan fingerprint density at radius 2 is 2.00 bits per heavy atom. The van der Waals surface area contributed by atoms with E-state index >= 15 is 0 Å². The van der Waals surface area contributed by atoms with E-state index in [1.54, 1.807) is 0 Å². The van der Waals surface area contributed by atoms with E-state index in [2.05, 4.69) is 11.8 Å². The van der Waals surface area contributed by atoms with Gasteiger partial charge in [0.25, 0.3) is 0 Å². The van der Waals surface area contributed by atoms with E-state index in [1.807, 2.05) is 11.8 Å². The number of β-amino-alcohol motifs (C(OH)–C–C–N with tert-alkyl or cyclic N) is 1. The van der Waals surface area contributed by atoms with Gasteiger partial charge in [0.2, 0.25) is 5.91 Å². The zero-order chi connectivity index (χ0) is 15.0. The van der Waals surface area contributed by atoms with Crippen molar-refractivity contribution in [2.45, 2.75) is 58.1 Å². The van der Waals surface area contributed by atoms with E-state index < -0.39 is 0 Å². The molecule has 0 aliphatic carbocycles. The normalized spacial score (nSPS) is 22.0. The summed E-state index contributed by atoms with van der Waals surface area (Å²) in [6.45, 7) is 7.83. The first-order valence-electron chi connectivity index (χ1n) is 7.94. The SMILES string of the molecule is CC(O)CN1CCN(C(=O)CCCCCCN)CC1C. The molecular formula is C15H31N3O2. The highest BCUT2D eigenvalue weighted by Crippen LogP contribution is 2.13. The highest BCUT2D eigenvalue weighted by Gasteiger charge is 2.26. The third-order valence-electron chi connectivity index (χ3n) is 3.96. The molecule has 2 unspecified atom stereocenters. The molecule has 1 saturated heterocycles. The summed E-state index contributed by atoms with van der Waals surface area (Å²) in [7, 11) is 0. The zero-order valence-electron chi connectivity index (χ0n) is 13.1. The number of amides is 1. The summed E-state index contributed by atoms with van der Waals surface area (Å²) in [6, 6.07) is 0.333. The first-order chi connectivity index (χ1) is 9.54. The third-order valence-corrected chi connectivity index (χ3v) is 3.96. The van der Waals surface area contributed by atoms with Crippen molar-refractivity contribution in [3.63, 3.8) is 0 Å². The van der Waals surface area contributed by atoms with Gasteiger partial charge in [0.1, 0.15) is 0 Å². The van der Waals surface area contributed by atoms with Crippen molar-refractivity contribution < 1.29 is 9.90 Å². The van der Waals surface area contributed by atoms with Crippen LogP contribution >= 0.6 is 0 Å². The molecule has 1 aliphatic rings. The van der Waals surface area contributed by atoms with Crippen LogP contribution in [-0.2, 0) is 4.79 Å². The molecule has 5 nitrogen and oxygen atoms in total. The predicted octanol–water partition coefficient (Wildman–Crippen LogP) is 0.809. The predicted molar refractivity (Wildman–Crippen MR) is 81.4 cm³/mol. The van der Waals surface area contributed by atoms with Gasteiger partial charge >= 0.3 is 0 Å². The number of rotatable bonds is 8. The topological polar surface area (TPSA) is 69.8 Å². The Morgan fingerprint density at radius 3 is 2.60 bits per heavy atom. The maximum absolute atomic E-state index is 12.1. The zero-order valence-corrected chi connectivity index (χ0v) is 13.1. The Kier molecular flexibility index (Phi) is 8.11. The molecule has 1 amide bonds. The van der Waals surface area contributed by atoms with Crippen molar-refractivity contribution in [1.82, 2.24) is 9.80 Å². The van der Waals surface area contributed by atoms with Crippen LogP contribution in [-0.4, -0.2) is 65.7 Å². The van der Waals surface area contributed by atoms with E-state index in [-0.39, 0.29) is 12.0 Å². The van der Waals surface area contributed by atoms with Crippen LogP contribution in [0.1, 0.15) is 46.0 Å². The van der Waals surface area contributed by atoms with E-state index in [0.717, 1.165) is 51.9 Å². The first kappa shape index (κ1) is 17.4. The molecule has 0 bridgehead atoms. The molecule has 118 valence electrons. The lowest BCUT2D eigenvalue weighted by Gasteiger charge is -2.40. The summed E-state index contributed by atoms with van der Waals surface area (Å²) in [5, 5.41) is 9.45. The van der Waals surface area contributed by atoms with E-state index in [4.69, 9.17) is 5.73 Å². The number of nitrogens with two attached hydrogens (primary N) is 1. The highest BCUT2D eigenvalue weighted by atomic mass is 16.3. The van der Waals surface area contributed by atoms with Crippen molar-refractivity contribution in [2.75, 3.05) is 32.7 Å². The molecule has 0 aromatic rings. The number of hydrogen-bond donors (Lipinski definition) is 2. The molecule has 0 saturated carbocycles. The summed E-state index contributed by atoms with van der Waals surface area (Å²) < 4.78 is 0. The average molecular weight is 285 g/mol. The fraction of sp³-hybridized carbons (Fsp3) is 0.933. The van der Waals surface area contributed by atoms with Crippen molar-refractivity contribution >= 4 is 5.91 Å². The molecule has 2 atom stereocenters.